The quantitative estimate of drug-likeness (QED) is 0.166. The summed E-state index contributed by atoms with van der Waals surface area (Å²) in [6, 6.07) is 0. The molecule has 0 aliphatic carbocycles. The normalized spacial score (nSPS) is 4.93. The van der Waals surface area contributed by atoms with Crippen LogP contribution in [-0.4, -0.2) is 24.9 Å². The Labute approximate surface area is 132 Å². The average molecular weight is 499 g/mol. The molecular formula is C4H18I2N4NiO4+2. The number of primary amides is 2. The van der Waals surface area contributed by atoms with Crippen LogP contribution in [0.1, 0.15) is 0 Å². The molecule has 0 fully saturated rings. The molecule has 8 nitrogen and oxygen atoms in total. The van der Waals surface area contributed by atoms with Gasteiger partial charge in [-0.3, -0.25) is 9.59 Å². The first-order valence-electron chi connectivity index (χ1n) is 2.51. The third-order valence-corrected chi connectivity index (χ3v) is 0.402. The number of amides is 2. The maximum atomic E-state index is 9.47. The van der Waals surface area contributed by atoms with Crippen LogP contribution in [0, 0.1) is 0 Å². The van der Waals surface area contributed by atoms with Gasteiger partial charge in [-0.1, -0.05) is 0 Å². The first kappa shape index (κ1) is 44.8. The van der Waals surface area contributed by atoms with Crippen LogP contribution in [0.15, 0.2) is 0 Å². The molecule has 0 rings (SSSR count). The second kappa shape index (κ2) is 36.4. The van der Waals surface area contributed by atoms with Gasteiger partial charge in [0.05, 0.1) is 13.1 Å². The van der Waals surface area contributed by atoms with E-state index in [0.29, 0.717) is 0 Å². The Balaban J connectivity index is -0.0000000128. The van der Waals surface area contributed by atoms with Crippen molar-refractivity contribution in [1.82, 2.24) is 0 Å². The SMILES string of the molecule is NCC(N)=O.NCC(N)=O.[I-].[I-].[Ni+2].[OH3+].[OH3+]. The molecule has 0 saturated heterocycles. The van der Waals surface area contributed by atoms with Gasteiger partial charge in [0.2, 0.25) is 11.8 Å². The Hall–Kier alpha value is 0.734. The van der Waals surface area contributed by atoms with Crippen molar-refractivity contribution in [1.29, 1.82) is 0 Å². The van der Waals surface area contributed by atoms with Crippen LogP contribution in [0.2, 0.25) is 0 Å². The fraction of sp³-hybridized carbons (Fsp3) is 0.500. The van der Waals surface area contributed by atoms with E-state index in [1.54, 1.807) is 0 Å². The van der Waals surface area contributed by atoms with Gasteiger partial charge in [0.25, 0.3) is 0 Å². The molecule has 0 radical (unpaired) electrons. The zero-order valence-corrected chi connectivity index (χ0v) is 13.1. The predicted octanol–water partition coefficient (Wildman–Crippen LogP) is -11.0. The van der Waals surface area contributed by atoms with Gasteiger partial charge in [-0.05, 0) is 0 Å². The molecule has 0 aromatic rings. The Morgan fingerprint density at radius 3 is 0.867 bits per heavy atom. The molecule has 0 spiro atoms. The van der Waals surface area contributed by atoms with Gasteiger partial charge < -0.3 is 81.8 Å². The van der Waals surface area contributed by atoms with E-state index in [9.17, 15) is 9.59 Å². The Morgan fingerprint density at radius 2 is 0.867 bits per heavy atom. The van der Waals surface area contributed by atoms with Crippen molar-refractivity contribution in [2.75, 3.05) is 13.1 Å². The molecule has 0 heterocycles. The van der Waals surface area contributed by atoms with E-state index < -0.39 is 11.8 Å². The standard InChI is InChI=1S/2C2H6N2O.2HI.Ni.2H2O/c2*3-1-2(4)5;;;;;/h2*1,3H2,(H2,4,5);2*1H;;2*1H2/q;;;;+2;;. The summed E-state index contributed by atoms with van der Waals surface area (Å²) in [5.41, 5.74) is 18.4. The summed E-state index contributed by atoms with van der Waals surface area (Å²) in [6.07, 6.45) is 0. The number of nitrogens with two attached hydrogens (primary N) is 4. The Morgan fingerprint density at radius 1 is 0.800 bits per heavy atom. The minimum Gasteiger partial charge on any atom is -1.00 e. The minimum atomic E-state index is -0.468. The summed E-state index contributed by atoms with van der Waals surface area (Å²) in [5.74, 6) is -0.935. The van der Waals surface area contributed by atoms with Gasteiger partial charge in [0.15, 0.2) is 0 Å². The molecule has 0 aromatic carbocycles. The van der Waals surface area contributed by atoms with E-state index in [-0.39, 0.29) is 88.5 Å². The van der Waals surface area contributed by atoms with Crippen LogP contribution in [0.5, 0.6) is 0 Å². The number of halogens is 2. The fourth-order valence-electron chi connectivity index (χ4n) is 0. The van der Waals surface area contributed by atoms with Crippen molar-refractivity contribution < 1.29 is 85.0 Å². The third-order valence-electron chi connectivity index (χ3n) is 0.402. The molecule has 14 N–H and O–H groups in total. The molecule has 0 aromatic heterocycles. The van der Waals surface area contributed by atoms with E-state index >= 15 is 0 Å². The summed E-state index contributed by atoms with van der Waals surface area (Å²) in [5, 5.41) is 0. The van der Waals surface area contributed by atoms with Crippen molar-refractivity contribution >= 4 is 11.8 Å². The molecule has 0 aliphatic rings. The van der Waals surface area contributed by atoms with Gasteiger partial charge in [-0.25, -0.2) is 0 Å². The number of hydrogen-bond donors (Lipinski definition) is 4. The third kappa shape index (κ3) is 107. The summed E-state index contributed by atoms with van der Waals surface area (Å²) in [7, 11) is 0. The van der Waals surface area contributed by atoms with Crippen LogP contribution < -0.4 is 70.9 Å². The monoisotopic (exact) mass is 498 g/mol. The largest absolute Gasteiger partial charge is 2.00 e. The zero-order valence-electron chi connectivity index (χ0n) is 7.77. The average Bonchev–Trinajstić information content (AvgIpc) is 1.89. The van der Waals surface area contributed by atoms with Gasteiger partial charge in [0.1, 0.15) is 0 Å². The van der Waals surface area contributed by atoms with Gasteiger partial charge in [-0.15, -0.1) is 0 Å². The maximum Gasteiger partial charge on any atom is 2.00 e. The Bertz CT molecular complexity index is 117. The van der Waals surface area contributed by atoms with E-state index in [2.05, 4.69) is 11.5 Å². The maximum absolute atomic E-state index is 9.47. The first-order valence-corrected chi connectivity index (χ1v) is 2.51. The molecular weight excluding hydrogens is 481 g/mol. The van der Waals surface area contributed by atoms with Crippen LogP contribution in [0.25, 0.3) is 0 Å². The molecule has 15 heavy (non-hydrogen) atoms. The molecule has 100 valence electrons. The summed E-state index contributed by atoms with van der Waals surface area (Å²) >= 11 is 0. The topological polar surface area (TPSA) is 204 Å². The van der Waals surface area contributed by atoms with Crippen LogP contribution in [-0.2, 0) is 37.0 Å². The molecule has 11 heteroatoms. The molecule has 0 atom stereocenters. The minimum absolute atomic E-state index is 0. The van der Waals surface area contributed by atoms with Gasteiger partial charge >= 0.3 is 16.5 Å². The summed E-state index contributed by atoms with van der Waals surface area (Å²) in [6.45, 7) is -0.111. The molecule has 0 unspecified atom stereocenters. The number of carbonyl (C=O) groups is 2. The zero-order chi connectivity index (χ0) is 8.57. The smallest absolute Gasteiger partial charge is 1.00 e. The molecule has 2 amide bonds. The van der Waals surface area contributed by atoms with Crippen LogP contribution in [0.3, 0.4) is 0 Å². The summed E-state index contributed by atoms with van der Waals surface area (Å²) in [4.78, 5) is 18.9. The van der Waals surface area contributed by atoms with Crippen LogP contribution in [0.4, 0.5) is 0 Å². The van der Waals surface area contributed by atoms with Gasteiger partial charge in [0, 0.05) is 0 Å². The first-order chi connectivity index (χ1) is 4.54. The van der Waals surface area contributed by atoms with Crippen molar-refractivity contribution in [2.24, 2.45) is 22.9 Å². The molecule has 0 saturated carbocycles. The van der Waals surface area contributed by atoms with Crippen molar-refractivity contribution in [3.05, 3.63) is 0 Å². The van der Waals surface area contributed by atoms with E-state index in [0.717, 1.165) is 0 Å². The predicted molar refractivity (Wildman–Crippen MR) is 46.2 cm³/mol. The Kier molecular flexibility index (Phi) is 109. The van der Waals surface area contributed by atoms with E-state index in [1.165, 1.54) is 0 Å². The molecule has 0 bridgehead atoms. The van der Waals surface area contributed by atoms with Crippen molar-refractivity contribution in [2.45, 2.75) is 0 Å². The van der Waals surface area contributed by atoms with Gasteiger partial charge in [-0.2, -0.15) is 0 Å². The molecule has 0 aliphatic heterocycles. The number of carbonyl (C=O) groups excluding carboxylic acids is 2. The summed E-state index contributed by atoms with van der Waals surface area (Å²) < 4.78 is 0. The second-order valence-corrected chi connectivity index (χ2v) is 1.34. The van der Waals surface area contributed by atoms with Crippen molar-refractivity contribution in [3.63, 3.8) is 0 Å². The number of rotatable bonds is 2. The van der Waals surface area contributed by atoms with E-state index in [4.69, 9.17) is 11.5 Å². The fourth-order valence-corrected chi connectivity index (χ4v) is 0. The van der Waals surface area contributed by atoms with Crippen LogP contribution >= 0.6 is 0 Å². The van der Waals surface area contributed by atoms with Crippen molar-refractivity contribution in [3.8, 4) is 0 Å². The number of hydrogen-bond acceptors (Lipinski definition) is 4. The second-order valence-electron chi connectivity index (χ2n) is 1.34. The van der Waals surface area contributed by atoms with E-state index in [1.807, 2.05) is 0 Å².